The number of thiazole rings is 1. The molecule has 0 aromatic carbocycles. The Morgan fingerprint density at radius 2 is 2.30 bits per heavy atom. The highest BCUT2D eigenvalue weighted by molar-refractivity contribution is 7.09. The van der Waals surface area contributed by atoms with Gasteiger partial charge < -0.3 is 15.2 Å². The summed E-state index contributed by atoms with van der Waals surface area (Å²) in [4.78, 5) is 22.9. The van der Waals surface area contributed by atoms with E-state index in [0.717, 1.165) is 0 Å². The third-order valence-corrected chi connectivity index (χ3v) is 3.00. The standard InChI is InChI=1S/C12H14N4O3S/c1-7(2)19-9-3-4-13-12(16-9)14-5-10-15-8(6-20-10)11(17)18/h3-4,6-7H,5H2,1-2H3,(H,17,18)(H,13,14,16). The Bertz CT molecular complexity index is 600. The molecule has 0 amide bonds. The number of aromatic carboxylic acids is 1. The van der Waals surface area contributed by atoms with Crippen LogP contribution in [0.1, 0.15) is 29.3 Å². The van der Waals surface area contributed by atoms with E-state index in [1.54, 1.807) is 12.3 Å². The largest absolute Gasteiger partial charge is 0.476 e. The lowest BCUT2D eigenvalue weighted by atomic mass is 10.5. The highest BCUT2D eigenvalue weighted by Gasteiger charge is 2.09. The molecule has 8 heteroatoms. The highest BCUT2D eigenvalue weighted by Crippen LogP contribution is 2.13. The Kier molecular flexibility index (Phi) is 4.46. The second-order valence-corrected chi connectivity index (χ2v) is 5.11. The second-order valence-electron chi connectivity index (χ2n) is 4.17. The molecule has 2 heterocycles. The van der Waals surface area contributed by atoms with Crippen molar-refractivity contribution in [3.8, 4) is 5.88 Å². The molecular formula is C12H14N4O3S. The quantitative estimate of drug-likeness (QED) is 0.841. The Hall–Kier alpha value is -2.22. The molecule has 7 nitrogen and oxygen atoms in total. The molecule has 20 heavy (non-hydrogen) atoms. The average Bonchev–Trinajstić information content (AvgIpc) is 2.85. The van der Waals surface area contributed by atoms with Gasteiger partial charge in [0.05, 0.1) is 12.6 Å². The van der Waals surface area contributed by atoms with Gasteiger partial charge in [-0.15, -0.1) is 11.3 Å². The van der Waals surface area contributed by atoms with Crippen LogP contribution in [0.2, 0.25) is 0 Å². The summed E-state index contributed by atoms with van der Waals surface area (Å²) in [6, 6.07) is 1.68. The van der Waals surface area contributed by atoms with Crippen LogP contribution in [0.25, 0.3) is 0 Å². The summed E-state index contributed by atoms with van der Waals surface area (Å²) in [6.07, 6.45) is 1.63. The number of hydrogen-bond donors (Lipinski definition) is 2. The van der Waals surface area contributed by atoms with Crippen molar-refractivity contribution in [2.24, 2.45) is 0 Å². The number of carbonyl (C=O) groups is 1. The van der Waals surface area contributed by atoms with E-state index >= 15 is 0 Å². The summed E-state index contributed by atoms with van der Waals surface area (Å²) >= 11 is 1.27. The fourth-order valence-electron chi connectivity index (χ4n) is 1.38. The fourth-order valence-corrected chi connectivity index (χ4v) is 2.09. The predicted molar refractivity (Wildman–Crippen MR) is 74.2 cm³/mol. The zero-order valence-corrected chi connectivity index (χ0v) is 11.8. The molecular weight excluding hydrogens is 280 g/mol. The molecule has 0 fully saturated rings. The van der Waals surface area contributed by atoms with Gasteiger partial charge in [-0.2, -0.15) is 4.98 Å². The van der Waals surface area contributed by atoms with Crippen molar-refractivity contribution in [3.05, 3.63) is 28.3 Å². The monoisotopic (exact) mass is 294 g/mol. The SMILES string of the molecule is CC(C)Oc1ccnc(NCc2nc(C(=O)O)cs2)n1. The van der Waals surface area contributed by atoms with Gasteiger partial charge in [0.15, 0.2) is 5.69 Å². The van der Waals surface area contributed by atoms with Crippen molar-refractivity contribution in [2.75, 3.05) is 5.32 Å². The minimum atomic E-state index is -1.03. The van der Waals surface area contributed by atoms with Crippen LogP contribution in [0.3, 0.4) is 0 Å². The lowest BCUT2D eigenvalue weighted by molar-refractivity contribution is 0.0691. The zero-order chi connectivity index (χ0) is 14.5. The van der Waals surface area contributed by atoms with Crippen LogP contribution in [0.5, 0.6) is 5.88 Å². The van der Waals surface area contributed by atoms with Crippen LogP contribution in [-0.4, -0.2) is 32.1 Å². The van der Waals surface area contributed by atoms with Crippen LogP contribution in [0.15, 0.2) is 17.6 Å². The van der Waals surface area contributed by atoms with Crippen molar-refractivity contribution in [2.45, 2.75) is 26.5 Å². The molecule has 0 atom stereocenters. The minimum absolute atomic E-state index is 0.0369. The third-order valence-electron chi connectivity index (χ3n) is 2.16. The number of aromatic nitrogens is 3. The number of hydrogen-bond acceptors (Lipinski definition) is 7. The smallest absolute Gasteiger partial charge is 0.355 e. The summed E-state index contributed by atoms with van der Waals surface area (Å²) < 4.78 is 5.46. The molecule has 2 aromatic heterocycles. The molecule has 2 rings (SSSR count). The number of ether oxygens (including phenoxy) is 1. The van der Waals surface area contributed by atoms with Gasteiger partial charge >= 0.3 is 5.97 Å². The Morgan fingerprint density at radius 3 is 2.95 bits per heavy atom. The minimum Gasteiger partial charge on any atom is -0.476 e. The van der Waals surface area contributed by atoms with Gasteiger partial charge in [-0.3, -0.25) is 0 Å². The molecule has 106 valence electrons. The summed E-state index contributed by atoms with van der Waals surface area (Å²) in [5.41, 5.74) is 0.0459. The topological polar surface area (TPSA) is 97.2 Å². The number of carboxylic acids is 1. The van der Waals surface area contributed by atoms with Crippen molar-refractivity contribution in [1.82, 2.24) is 15.0 Å². The summed E-state index contributed by atoms with van der Waals surface area (Å²) in [7, 11) is 0. The van der Waals surface area contributed by atoms with Crippen LogP contribution >= 0.6 is 11.3 Å². The van der Waals surface area contributed by atoms with Gasteiger partial charge in [0.1, 0.15) is 5.01 Å². The molecule has 0 aliphatic carbocycles. The molecule has 0 bridgehead atoms. The third kappa shape index (κ3) is 3.89. The van der Waals surface area contributed by atoms with E-state index in [1.807, 2.05) is 13.8 Å². The molecule has 0 saturated carbocycles. The van der Waals surface area contributed by atoms with E-state index < -0.39 is 5.97 Å². The van der Waals surface area contributed by atoms with Crippen molar-refractivity contribution in [3.63, 3.8) is 0 Å². The van der Waals surface area contributed by atoms with E-state index in [-0.39, 0.29) is 11.8 Å². The molecule has 0 spiro atoms. The first-order valence-corrected chi connectivity index (χ1v) is 6.84. The predicted octanol–water partition coefficient (Wildman–Crippen LogP) is 2.03. The number of nitrogens with zero attached hydrogens (tertiary/aromatic N) is 3. The number of rotatable bonds is 6. The van der Waals surface area contributed by atoms with Gasteiger partial charge in [-0.25, -0.2) is 14.8 Å². The maximum Gasteiger partial charge on any atom is 0.355 e. The maximum absolute atomic E-state index is 10.7. The molecule has 0 radical (unpaired) electrons. The van der Waals surface area contributed by atoms with E-state index in [0.29, 0.717) is 23.4 Å². The van der Waals surface area contributed by atoms with Crippen molar-refractivity contribution >= 4 is 23.3 Å². The molecule has 0 aliphatic rings. The average molecular weight is 294 g/mol. The van der Waals surface area contributed by atoms with E-state index in [1.165, 1.54) is 16.7 Å². The first-order valence-electron chi connectivity index (χ1n) is 5.96. The number of carboxylic acid groups (broad SMARTS) is 1. The Morgan fingerprint density at radius 1 is 1.50 bits per heavy atom. The van der Waals surface area contributed by atoms with Crippen molar-refractivity contribution < 1.29 is 14.6 Å². The second kappa shape index (κ2) is 6.29. The van der Waals surface area contributed by atoms with Gasteiger partial charge in [0.25, 0.3) is 0 Å². The van der Waals surface area contributed by atoms with E-state index in [2.05, 4.69) is 20.3 Å². The lowest BCUT2D eigenvalue weighted by Crippen LogP contribution is -2.09. The van der Waals surface area contributed by atoms with E-state index in [9.17, 15) is 4.79 Å². The fraction of sp³-hybridized carbons (Fsp3) is 0.333. The lowest BCUT2D eigenvalue weighted by Gasteiger charge is -2.09. The van der Waals surface area contributed by atoms with E-state index in [4.69, 9.17) is 9.84 Å². The van der Waals surface area contributed by atoms with Gasteiger partial charge in [0.2, 0.25) is 11.8 Å². The van der Waals surface area contributed by atoms with Crippen molar-refractivity contribution in [1.29, 1.82) is 0 Å². The van der Waals surface area contributed by atoms with Crippen LogP contribution in [0, 0.1) is 0 Å². The molecule has 0 unspecified atom stereocenters. The van der Waals surface area contributed by atoms with Gasteiger partial charge in [-0.1, -0.05) is 0 Å². The molecule has 2 aromatic rings. The van der Waals surface area contributed by atoms with Gasteiger partial charge in [-0.05, 0) is 13.8 Å². The van der Waals surface area contributed by atoms with Crippen LogP contribution in [-0.2, 0) is 6.54 Å². The van der Waals surface area contributed by atoms with Crippen LogP contribution < -0.4 is 10.1 Å². The zero-order valence-electron chi connectivity index (χ0n) is 11.0. The first kappa shape index (κ1) is 14.2. The molecule has 2 N–H and O–H groups in total. The number of nitrogens with one attached hydrogen (secondary N) is 1. The Balaban J connectivity index is 1.97. The summed E-state index contributed by atoms with van der Waals surface area (Å²) in [5, 5.41) is 13.9. The molecule has 0 aliphatic heterocycles. The number of anilines is 1. The van der Waals surface area contributed by atoms with Crippen LogP contribution in [0.4, 0.5) is 5.95 Å². The summed E-state index contributed by atoms with van der Waals surface area (Å²) in [5.74, 6) is -0.130. The Labute approximate surface area is 119 Å². The highest BCUT2D eigenvalue weighted by atomic mass is 32.1. The normalized spacial score (nSPS) is 10.6. The maximum atomic E-state index is 10.7. The summed E-state index contributed by atoms with van der Waals surface area (Å²) in [6.45, 7) is 4.19. The van der Waals surface area contributed by atoms with Gasteiger partial charge in [0, 0.05) is 17.6 Å². The molecule has 0 saturated heterocycles. The first-order chi connectivity index (χ1) is 9.54.